The Morgan fingerprint density at radius 3 is 2.75 bits per heavy atom. The van der Waals surface area contributed by atoms with Gasteiger partial charge in [-0.2, -0.15) is 0 Å². The molecule has 0 amide bonds. The number of aliphatic hydroxyl groups is 1. The Balaban J connectivity index is 1.95. The molecule has 0 bridgehead atoms. The van der Waals surface area contributed by atoms with Crippen LogP contribution >= 0.6 is 0 Å². The fourth-order valence-corrected chi connectivity index (χ4v) is 2.17. The summed E-state index contributed by atoms with van der Waals surface area (Å²) in [7, 11) is 0. The molecule has 0 aliphatic carbocycles. The van der Waals surface area contributed by atoms with E-state index in [1.807, 2.05) is 13.0 Å². The summed E-state index contributed by atoms with van der Waals surface area (Å²) in [5.41, 5.74) is 0.487. The van der Waals surface area contributed by atoms with Crippen molar-refractivity contribution < 1.29 is 24.1 Å². The number of esters is 1. The normalized spacial score (nSPS) is 29.9. The van der Waals surface area contributed by atoms with Gasteiger partial charge < -0.3 is 19.3 Å². The smallest absolute Gasteiger partial charge is 0.338 e. The van der Waals surface area contributed by atoms with Crippen molar-refractivity contribution in [3.8, 4) is 0 Å². The molecule has 1 aliphatic heterocycles. The molecule has 5 nitrogen and oxygen atoms in total. The summed E-state index contributed by atoms with van der Waals surface area (Å²) in [5, 5.41) is 9.93. The molecule has 0 spiro atoms. The highest BCUT2D eigenvalue weighted by molar-refractivity contribution is 5.89. The van der Waals surface area contributed by atoms with Crippen molar-refractivity contribution >= 4 is 5.97 Å². The molecule has 1 aromatic rings. The largest absolute Gasteiger partial charge is 0.456 e. The van der Waals surface area contributed by atoms with Crippen LogP contribution in [0.1, 0.15) is 30.6 Å². The molecule has 1 aliphatic rings. The molecule has 20 heavy (non-hydrogen) atoms. The van der Waals surface area contributed by atoms with Crippen LogP contribution in [0, 0.1) is 0 Å². The number of carbonyl (C=O) groups is 1. The summed E-state index contributed by atoms with van der Waals surface area (Å²) in [5.74, 6) is -0.409. The average Bonchev–Trinajstić information content (AvgIpc) is 2.45. The van der Waals surface area contributed by atoms with Crippen LogP contribution in [0.15, 0.2) is 30.3 Å². The predicted molar refractivity (Wildman–Crippen MR) is 72.2 cm³/mol. The molecule has 5 heteroatoms. The minimum Gasteiger partial charge on any atom is -0.456 e. The van der Waals surface area contributed by atoms with Crippen molar-refractivity contribution in [3.63, 3.8) is 0 Å². The zero-order chi connectivity index (χ0) is 14.5. The fraction of sp³-hybridized carbons (Fsp3) is 0.533. The summed E-state index contributed by atoms with van der Waals surface area (Å²) in [6, 6.07) is 8.76. The topological polar surface area (TPSA) is 65.0 Å². The van der Waals surface area contributed by atoms with Gasteiger partial charge in [0.05, 0.1) is 11.7 Å². The van der Waals surface area contributed by atoms with Gasteiger partial charge in [-0.1, -0.05) is 18.2 Å². The highest BCUT2D eigenvalue weighted by Crippen LogP contribution is 2.24. The first-order valence-electron chi connectivity index (χ1n) is 6.83. The SMILES string of the molecule is CCO[C@@H]1OC(C)[C@H](OC(=O)c2ccccc2)C[C@@H]1O. The first kappa shape index (κ1) is 15.0. The van der Waals surface area contributed by atoms with Gasteiger partial charge in [0.25, 0.3) is 0 Å². The molecular weight excluding hydrogens is 260 g/mol. The highest BCUT2D eigenvalue weighted by atomic mass is 16.7. The number of ether oxygens (including phenoxy) is 3. The van der Waals surface area contributed by atoms with Gasteiger partial charge in [-0.05, 0) is 26.0 Å². The monoisotopic (exact) mass is 280 g/mol. The molecule has 0 saturated carbocycles. The van der Waals surface area contributed by atoms with Gasteiger partial charge in [0.15, 0.2) is 6.29 Å². The van der Waals surface area contributed by atoms with Crippen molar-refractivity contribution in [2.75, 3.05) is 6.61 Å². The standard InChI is InChI=1S/C15H20O5/c1-3-18-15-12(16)9-13(10(2)19-15)20-14(17)11-7-5-4-6-8-11/h4-8,10,12-13,15-16H,3,9H2,1-2H3/t10?,12-,13+,15+/m0/s1. The summed E-state index contributed by atoms with van der Waals surface area (Å²) in [6.07, 6.45) is -1.93. The van der Waals surface area contributed by atoms with E-state index < -0.39 is 24.5 Å². The lowest BCUT2D eigenvalue weighted by atomic mass is 10.0. The van der Waals surface area contributed by atoms with Crippen molar-refractivity contribution in [1.82, 2.24) is 0 Å². The molecule has 0 aromatic heterocycles. The lowest BCUT2D eigenvalue weighted by molar-refractivity contribution is -0.259. The number of hydrogen-bond acceptors (Lipinski definition) is 5. The molecule has 1 saturated heterocycles. The van der Waals surface area contributed by atoms with Crippen molar-refractivity contribution in [2.24, 2.45) is 0 Å². The maximum absolute atomic E-state index is 12.0. The molecule has 1 aromatic carbocycles. The molecule has 0 radical (unpaired) electrons. The van der Waals surface area contributed by atoms with Crippen LogP contribution < -0.4 is 0 Å². The van der Waals surface area contributed by atoms with E-state index in [9.17, 15) is 9.90 Å². The lowest BCUT2D eigenvalue weighted by Gasteiger charge is -2.37. The second-order valence-corrected chi connectivity index (χ2v) is 4.78. The molecular formula is C15H20O5. The van der Waals surface area contributed by atoms with E-state index in [-0.39, 0.29) is 6.10 Å². The van der Waals surface area contributed by atoms with Crippen LogP contribution in [0.25, 0.3) is 0 Å². The molecule has 2 rings (SSSR count). The van der Waals surface area contributed by atoms with Gasteiger partial charge in [0.1, 0.15) is 12.2 Å². The van der Waals surface area contributed by atoms with E-state index in [0.29, 0.717) is 18.6 Å². The van der Waals surface area contributed by atoms with Crippen molar-refractivity contribution in [1.29, 1.82) is 0 Å². The number of benzene rings is 1. The van der Waals surface area contributed by atoms with E-state index in [1.54, 1.807) is 31.2 Å². The van der Waals surface area contributed by atoms with Crippen molar-refractivity contribution in [3.05, 3.63) is 35.9 Å². The van der Waals surface area contributed by atoms with Crippen LogP contribution in [-0.4, -0.2) is 42.3 Å². The molecule has 1 fully saturated rings. The lowest BCUT2D eigenvalue weighted by Crippen LogP contribution is -2.48. The minimum atomic E-state index is -0.792. The fourth-order valence-electron chi connectivity index (χ4n) is 2.17. The third-order valence-corrected chi connectivity index (χ3v) is 3.26. The Labute approximate surface area is 118 Å². The Morgan fingerprint density at radius 2 is 2.10 bits per heavy atom. The van der Waals surface area contributed by atoms with E-state index >= 15 is 0 Å². The maximum Gasteiger partial charge on any atom is 0.338 e. The number of aliphatic hydroxyl groups excluding tert-OH is 1. The number of rotatable bonds is 4. The van der Waals surface area contributed by atoms with Gasteiger partial charge in [-0.15, -0.1) is 0 Å². The Kier molecular flexibility index (Phi) is 5.11. The maximum atomic E-state index is 12.0. The van der Waals surface area contributed by atoms with Crippen LogP contribution in [0.5, 0.6) is 0 Å². The second-order valence-electron chi connectivity index (χ2n) is 4.78. The van der Waals surface area contributed by atoms with E-state index in [2.05, 4.69) is 0 Å². The van der Waals surface area contributed by atoms with E-state index in [1.165, 1.54) is 0 Å². The molecule has 1 heterocycles. The Hall–Kier alpha value is -1.43. The summed E-state index contributed by atoms with van der Waals surface area (Å²) in [4.78, 5) is 12.0. The minimum absolute atomic E-state index is 0.310. The van der Waals surface area contributed by atoms with Crippen molar-refractivity contribution in [2.45, 2.75) is 44.9 Å². The Morgan fingerprint density at radius 1 is 1.40 bits per heavy atom. The molecule has 1 unspecified atom stereocenters. The third-order valence-electron chi connectivity index (χ3n) is 3.26. The highest BCUT2D eigenvalue weighted by Gasteiger charge is 2.37. The van der Waals surface area contributed by atoms with Gasteiger partial charge in [0, 0.05) is 13.0 Å². The van der Waals surface area contributed by atoms with Crippen LogP contribution in [-0.2, 0) is 14.2 Å². The first-order chi connectivity index (χ1) is 9.61. The zero-order valence-electron chi connectivity index (χ0n) is 11.7. The van der Waals surface area contributed by atoms with Gasteiger partial charge >= 0.3 is 5.97 Å². The molecule has 110 valence electrons. The summed E-state index contributed by atoms with van der Waals surface area (Å²) >= 11 is 0. The third kappa shape index (κ3) is 3.56. The van der Waals surface area contributed by atoms with Gasteiger partial charge in [0.2, 0.25) is 0 Å². The number of carbonyl (C=O) groups excluding carboxylic acids is 1. The summed E-state index contributed by atoms with van der Waals surface area (Å²) in [6.45, 7) is 4.10. The van der Waals surface area contributed by atoms with E-state index in [0.717, 1.165) is 0 Å². The average molecular weight is 280 g/mol. The van der Waals surface area contributed by atoms with Crippen LogP contribution in [0.2, 0.25) is 0 Å². The van der Waals surface area contributed by atoms with Crippen LogP contribution in [0.4, 0.5) is 0 Å². The van der Waals surface area contributed by atoms with E-state index in [4.69, 9.17) is 14.2 Å². The summed E-state index contributed by atoms with van der Waals surface area (Å²) < 4.78 is 16.2. The number of hydrogen-bond donors (Lipinski definition) is 1. The quantitative estimate of drug-likeness (QED) is 0.851. The molecule has 4 atom stereocenters. The predicted octanol–water partition coefficient (Wildman–Crippen LogP) is 1.74. The molecule has 1 N–H and O–H groups in total. The zero-order valence-corrected chi connectivity index (χ0v) is 11.7. The van der Waals surface area contributed by atoms with Crippen LogP contribution in [0.3, 0.4) is 0 Å². The van der Waals surface area contributed by atoms with Gasteiger partial charge in [-0.3, -0.25) is 0 Å². The van der Waals surface area contributed by atoms with Gasteiger partial charge in [-0.25, -0.2) is 4.79 Å². The Bertz CT molecular complexity index is 433. The first-order valence-corrected chi connectivity index (χ1v) is 6.83. The second kappa shape index (κ2) is 6.83.